The maximum atomic E-state index is 9.51. The first-order chi connectivity index (χ1) is 24.3. The largest absolute Gasteiger partial charge is 0.493 e. The second-order valence-electron chi connectivity index (χ2n) is 11.6. The van der Waals surface area contributed by atoms with Crippen molar-refractivity contribution in [2.45, 2.75) is 45.2 Å². The highest BCUT2D eigenvalue weighted by Crippen LogP contribution is 2.38. The van der Waals surface area contributed by atoms with Gasteiger partial charge in [-0.1, -0.05) is 53.5 Å². The quantitative estimate of drug-likeness (QED) is 0.0708. The van der Waals surface area contributed by atoms with Crippen LogP contribution in [0.4, 0.5) is 0 Å². The molecule has 0 aliphatic carbocycles. The molecule has 0 aliphatic heterocycles. The van der Waals surface area contributed by atoms with Crippen molar-refractivity contribution >= 4 is 23.2 Å². The lowest BCUT2D eigenvalue weighted by molar-refractivity contribution is 0.0942. The second-order valence-corrected chi connectivity index (χ2v) is 12.3. The van der Waals surface area contributed by atoms with Gasteiger partial charge in [0.15, 0.2) is 0 Å². The summed E-state index contributed by atoms with van der Waals surface area (Å²) in [4.78, 5) is 4.09. The Hall–Kier alpha value is -3.96. The molecule has 1 aromatic heterocycles. The molecule has 4 rings (SSSR count). The van der Waals surface area contributed by atoms with Gasteiger partial charge >= 0.3 is 0 Å². The lowest BCUT2D eigenvalue weighted by Crippen LogP contribution is -2.35. The molecular weight excluding hydrogens is 683 g/mol. The molecule has 6 N–H and O–H groups in total. The topological polar surface area (TPSA) is 169 Å². The molecule has 0 spiro atoms. The lowest BCUT2D eigenvalue weighted by Gasteiger charge is -2.19. The summed E-state index contributed by atoms with van der Waals surface area (Å²) in [5.74, 6) is 1.56. The maximum Gasteiger partial charge on any atom is 0.142 e. The normalized spacial score (nSPS) is 11.7. The van der Waals surface area contributed by atoms with Crippen LogP contribution >= 0.6 is 23.2 Å². The third kappa shape index (κ3) is 11.0. The Bertz CT molecular complexity index is 1730. The first kappa shape index (κ1) is 38.8. The molecule has 50 heavy (non-hydrogen) atoms. The van der Waals surface area contributed by atoms with E-state index in [1.165, 1.54) is 6.20 Å². The Morgan fingerprint density at radius 1 is 0.860 bits per heavy atom. The minimum atomic E-state index is -0.778. The monoisotopic (exact) mass is 724 g/mol. The summed E-state index contributed by atoms with van der Waals surface area (Å²) < 4.78 is 18.4. The number of benzene rings is 3. The highest BCUT2D eigenvalue weighted by Gasteiger charge is 2.17. The molecule has 3 aromatic carbocycles. The van der Waals surface area contributed by atoms with E-state index in [4.69, 9.17) is 42.5 Å². The highest BCUT2D eigenvalue weighted by molar-refractivity contribution is 6.34. The van der Waals surface area contributed by atoms with Gasteiger partial charge in [0.05, 0.1) is 54.2 Å². The third-order valence-electron chi connectivity index (χ3n) is 7.84. The zero-order valence-corrected chi connectivity index (χ0v) is 29.3. The fourth-order valence-electron chi connectivity index (χ4n) is 5.02. The van der Waals surface area contributed by atoms with Crippen molar-refractivity contribution in [1.82, 2.24) is 15.6 Å². The average Bonchev–Trinajstić information content (AvgIpc) is 3.13. The number of nitriles is 1. The molecule has 0 bridgehead atoms. The Kier molecular flexibility index (Phi) is 15.6. The number of nitrogens with one attached hydrogen (secondary N) is 2. The summed E-state index contributed by atoms with van der Waals surface area (Å²) in [5.41, 5.74) is 5.20. The van der Waals surface area contributed by atoms with Crippen molar-refractivity contribution in [3.8, 4) is 34.4 Å². The number of hydrogen-bond acceptors (Lipinski definition) is 11. The molecule has 0 fully saturated rings. The number of aliphatic hydroxyl groups excluding tert-OH is 4. The van der Waals surface area contributed by atoms with E-state index >= 15 is 0 Å². The number of pyridine rings is 1. The van der Waals surface area contributed by atoms with Crippen LogP contribution in [0.3, 0.4) is 0 Å². The third-order valence-corrected chi connectivity index (χ3v) is 8.58. The smallest absolute Gasteiger partial charge is 0.142 e. The van der Waals surface area contributed by atoms with Crippen LogP contribution in [-0.2, 0) is 19.8 Å². The Morgan fingerprint density at radius 2 is 1.62 bits per heavy atom. The van der Waals surface area contributed by atoms with Crippen LogP contribution < -0.4 is 24.8 Å². The van der Waals surface area contributed by atoms with Crippen molar-refractivity contribution < 1.29 is 34.6 Å². The van der Waals surface area contributed by atoms with Crippen LogP contribution in [0.2, 0.25) is 10.0 Å². The second kappa shape index (κ2) is 20.0. The first-order valence-electron chi connectivity index (χ1n) is 16.1. The molecule has 0 unspecified atom stereocenters. The molecule has 0 aliphatic rings. The molecule has 0 saturated heterocycles. The summed E-state index contributed by atoms with van der Waals surface area (Å²) in [6, 6.07) is 18.2. The average molecular weight is 726 g/mol. The fraction of sp³-hybridized carbons (Fsp3) is 0.351. The van der Waals surface area contributed by atoms with Crippen LogP contribution in [-0.4, -0.2) is 77.1 Å². The first-order valence-corrected chi connectivity index (χ1v) is 16.9. The van der Waals surface area contributed by atoms with Gasteiger partial charge in [-0.25, -0.2) is 0 Å². The number of rotatable bonds is 20. The number of aromatic nitrogens is 1. The van der Waals surface area contributed by atoms with Gasteiger partial charge in [-0.05, 0) is 49.2 Å². The van der Waals surface area contributed by atoms with Crippen LogP contribution in [0.25, 0.3) is 11.1 Å². The Balaban J connectivity index is 1.49. The molecular formula is C37H42Cl2N4O7. The van der Waals surface area contributed by atoms with Gasteiger partial charge in [-0.2, -0.15) is 5.26 Å². The van der Waals surface area contributed by atoms with Crippen molar-refractivity contribution in [3.63, 3.8) is 0 Å². The molecule has 266 valence electrons. The number of halogens is 2. The molecule has 0 saturated carbocycles. The predicted molar refractivity (Wildman–Crippen MR) is 192 cm³/mol. The van der Waals surface area contributed by atoms with E-state index < -0.39 is 12.1 Å². The van der Waals surface area contributed by atoms with E-state index in [0.29, 0.717) is 57.9 Å². The van der Waals surface area contributed by atoms with Gasteiger partial charge in [0.25, 0.3) is 0 Å². The van der Waals surface area contributed by atoms with Crippen LogP contribution in [0, 0.1) is 18.3 Å². The molecule has 4 aromatic rings. The van der Waals surface area contributed by atoms with Gasteiger partial charge < -0.3 is 45.3 Å². The standard InChI is InChI=1S/C37H42Cl2N4O7/c1-24-31(6-3-8-34(24)48-10-4-9-41-18-30(47)21-46)32-7-2-5-27(37(32)39)23-50-36-13-35(49-22-26-11-25(14-40)15-42-16-26)28(12-33(36)38)17-43-29(19-44)20-45/h2-3,5-8,11-13,15-16,29-30,41,43-47H,4,9-10,17-23H2,1H3/t30-/m0/s1. The van der Waals surface area contributed by atoms with E-state index in [9.17, 15) is 20.6 Å². The van der Waals surface area contributed by atoms with Gasteiger partial charge in [-0.15, -0.1) is 0 Å². The molecule has 13 heteroatoms. The van der Waals surface area contributed by atoms with Crippen molar-refractivity contribution in [2.24, 2.45) is 0 Å². The summed E-state index contributed by atoms with van der Waals surface area (Å²) in [6.45, 7) is 3.13. The highest BCUT2D eigenvalue weighted by atomic mass is 35.5. The SMILES string of the molecule is Cc1c(OCCCNC[C@H](O)CO)cccc1-c1cccc(COc2cc(OCc3cncc(C#N)c3)c(CNC(CO)CO)cc2Cl)c1Cl. The number of aliphatic hydroxyl groups is 4. The summed E-state index contributed by atoms with van der Waals surface area (Å²) in [7, 11) is 0. The number of ether oxygens (including phenoxy) is 3. The Labute approximate surface area is 302 Å². The zero-order valence-electron chi connectivity index (χ0n) is 27.7. The molecule has 1 heterocycles. The van der Waals surface area contributed by atoms with Crippen LogP contribution in [0.15, 0.2) is 67.0 Å². The maximum absolute atomic E-state index is 9.51. The van der Waals surface area contributed by atoms with E-state index in [0.717, 1.165) is 34.4 Å². The van der Waals surface area contributed by atoms with Gasteiger partial charge in [0.2, 0.25) is 0 Å². The predicted octanol–water partition coefficient (Wildman–Crippen LogP) is 4.55. The molecule has 0 amide bonds. The minimum Gasteiger partial charge on any atom is -0.493 e. The van der Waals surface area contributed by atoms with Gasteiger partial charge in [0.1, 0.15) is 36.5 Å². The van der Waals surface area contributed by atoms with Crippen molar-refractivity contribution in [3.05, 3.63) is 105 Å². The van der Waals surface area contributed by atoms with Crippen molar-refractivity contribution in [1.29, 1.82) is 5.26 Å². The van der Waals surface area contributed by atoms with Crippen LogP contribution in [0.1, 0.15) is 34.2 Å². The fourth-order valence-corrected chi connectivity index (χ4v) is 5.54. The van der Waals surface area contributed by atoms with E-state index in [2.05, 4.69) is 21.7 Å². The van der Waals surface area contributed by atoms with Gasteiger partial charge in [-0.3, -0.25) is 4.98 Å². The Morgan fingerprint density at radius 3 is 2.38 bits per heavy atom. The van der Waals surface area contributed by atoms with Crippen LogP contribution in [0.5, 0.6) is 17.2 Å². The lowest BCUT2D eigenvalue weighted by atomic mass is 9.98. The zero-order chi connectivity index (χ0) is 35.9. The minimum absolute atomic E-state index is 0.113. The molecule has 0 radical (unpaired) electrons. The summed E-state index contributed by atoms with van der Waals surface area (Å²) >= 11 is 13.6. The van der Waals surface area contributed by atoms with E-state index in [1.54, 1.807) is 24.4 Å². The summed E-state index contributed by atoms with van der Waals surface area (Å²) in [6.07, 6.45) is 3.03. The van der Waals surface area contributed by atoms with Crippen molar-refractivity contribution in [2.75, 3.05) is 39.5 Å². The van der Waals surface area contributed by atoms with Gasteiger partial charge in [0, 0.05) is 53.8 Å². The number of nitrogens with zero attached hydrogens (tertiary/aromatic N) is 2. The van der Waals surface area contributed by atoms with E-state index in [1.807, 2.05) is 43.3 Å². The summed E-state index contributed by atoms with van der Waals surface area (Å²) in [5, 5.41) is 53.7. The molecule has 11 nitrogen and oxygen atoms in total. The number of hydrogen-bond donors (Lipinski definition) is 6. The van der Waals surface area contributed by atoms with E-state index in [-0.39, 0.29) is 39.6 Å². The molecule has 1 atom stereocenters.